The van der Waals surface area contributed by atoms with Gasteiger partial charge in [0.15, 0.2) is 0 Å². The number of halogens is 1. The summed E-state index contributed by atoms with van der Waals surface area (Å²) in [6.07, 6.45) is -0.471. The van der Waals surface area contributed by atoms with Gasteiger partial charge >= 0.3 is 5.97 Å². The third-order valence-electron chi connectivity index (χ3n) is 2.09. The third-order valence-corrected chi connectivity index (χ3v) is 2.32. The van der Waals surface area contributed by atoms with Crippen LogP contribution in [0.1, 0.15) is 23.2 Å². The first-order valence-electron chi connectivity index (χ1n) is 5.01. The van der Waals surface area contributed by atoms with Crippen LogP contribution in [0.3, 0.4) is 0 Å². The average molecular weight is 271 g/mol. The Bertz CT molecular complexity index is 502. The zero-order chi connectivity index (χ0) is 13.7. The molecule has 18 heavy (non-hydrogen) atoms. The Morgan fingerprint density at radius 3 is 2.50 bits per heavy atom. The predicted molar refractivity (Wildman–Crippen MR) is 65.5 cm³/mol. The van der Waals surface area contributed by atoms with Gasteiger partial charge in [-0.1, -0.05) is 11.6 Å². The van der Waals surface area contributed by atoms with Crippen LogP contribution in [0.15, 0.2) is 18.2 Å². The van der Waals surface area contributed by atoms with Gasteiger partial charge < -0.3 is 16.2 Å². The van der Waals surface area contributed by atoms with Crippen LogP contribution >= 0.6 is 11.6 Å². The Balaban J connectivity index is 2.81. The standard InChI is InChI=1S/C11H11ClN2O4/c12-6-1-2-8(7(5-6)11(13)18)14-9(15)3-4-10(16)17/h1-2,5H,3-4H2,(H2,13,18)(H,14,15)(H,16,17). The third kappa shape index (κ3) is 4.06. The maximum absolute atomic E-state index is 11.4. The zero-order valence-corrected chi connectivity index (χ0v) is 10.0. The predicted octanol–water partition coefficient (Wildman–Crippen LogP) is 1.24. The van der Waals surface area contributed by atoms with E-state index in [1.165, 1.54) is 18.2 Å². The van der Waals surface area contributed by atoms with E-state index in [2.05, 4.69) is 5.32 Å². The Morgan fingerprint density at radius 2 is 1.94 bits per heavy atom. The fourth-order valence-electron chi connectivity index (χ4n) is 1.26. The molecule has 0 fully saturated rings. The van der Waals surface area contributed by atoms with Crippen LogP contribution < -0.4 is 11.1 Å². The van der Waals surface area contributed by atoms with Crippen LogP contribution in [0.25, 0.3) is 0 Å². The van der Waals surface area contributed by atoms with Crippen molar-refractivity contribution < 1.29 is 19.5 Å². The maximum Gasteiger partial charge on any atom is 0.303 e. The van der Waals surface area contributed by atoms with E-state index >= 15 is 0 Å². The molecule has 4 N–H and O–H groups in total. The lowest BCUT2D eigenvalue weighted by Gasteiger charge is -2.08. The number of hydrogen-bond acceptors (Lipinski definition) is 3. The molecule has 7 heteroatoms. The molecule has 0 unspecified atom stereocenters. The summed E-state index contributed by atoms with van der Waals surface area (Å²) in [5, 5.41) is 11.2. The highest BCUT2D eigenvalue weighted by Crippen LogP contribution is 2.20. The van der Waals surface area contributed by atoms with E-state index in [0.717, 1.165) is 0 Å². The molecular formula is C11H11ClN2O4. The van der Waals surface area contributed by atoms with E-state index < -0.39 is 17.8 Å². The topological polar surface area (TPSA) is 109 Å². The van der Waals surface area contributed by atoms with Crippen LogP contribution in [0, 0.1) is 0 Å². The highest BCUT2D eigenvalue weighted by molar-refractivity contribution is 6.31. The molecule has 1 rings (SSSR count). The number of carboxylic acids is 1. The molecule has 0 spiro atoms. The van der Waals surface area contributed by atoms with Crippen molar-refractivity contribution in [1.82, 2.24) is 0 Å². The fraction of sp³-hybridized carbons (Fsp3) is 0.182. The van der Waals surface area contributed by atoms with Crippen molar-refractivity contribution in [3.63, 3.8) is 0 Å². The molecule has 0 saturated heterocycles. The van der Waals surface area contributed by atoms with Gasteiger partial charge in [0.05, 0.1) is 17.7 Å². The molecule has 6 nitrogen and oxygen atoms in total. The van der Waals surface area contributed by atoms with Gasteiger partial charge in [0.2, 0.25) is 5.91 Å². The summed E-state index contributed by atoms with van der Waals surface area (Å²) in [6.45, 7) is 0. The number of benzene rings is 1. The van der Waals surface area contributed by atoms with Crippen LogP contribution in [-0.2, 0) is 9.59 Å². The van der Waals surface area contributed by atoms with E-state index in [4.69, 9.17) is 22.4 Å². The minimum Gasteiger partial charge on any atom is -0.481 e. The van der Waals surface area contributed by atoms with E-state index in [1.807, 2.05) is 0 Å². The summed E-state index contributed by atoms with van der Waals surface area (Å²) in [5.74, 6) is -2.32. The molecule has 96 valence electrons. The van der Waals surface area contributed by atoms with Crippen molar-refractivity contribution in [3.05, 3.63) is 28.8 Å². The Kier molecular flexibility index (Phi) is 4.67. The number of amides is 2. The van der Waals surface area contributed by atoms with Gasteiger partial charge in [-0.15, -0.1) is 0 Å². The molecule has 1 aromatic rings. The molecule has 0 aliphatic carbocycles. The van der Waals surface area contributed by atoms with Gasteiger partial charge in [0.25, 0.3) is 5.91 Å². The van der Waals surface area contributed by atoms with Crippen LogP contribution in [0.2, 0.25) is 5.02 Å². The monoisotopic (exact) mass is 270 g/mol. The van der Waals surface area contributed by atoms with Crippen molar-refractivity contribution in [3.8, 4) is 0 Å². The molecule has 0 aliphatic heterocycles. The zero-order valence-electron chi connectivity index (χ0n) is 9.27. The molecule has 0 radical (unpaired) electrons. The minimum atomic E-state index is -1.07. The summed E-state index contributed by atoms with van der Waals surface area (Å²) in [5.41, 5.74) is 5.42. The van der Waals surface area contributed by atoms with Crippen molar-refractivity contribution in [1.29, 1.82) is 0 Å². The number of carboxylic acid groups (broad SMARTS) is 1. The van der Waals surface area contributed by atoms with Gasteiger partial charge in [-0.3, -0.25) is 14.4 Å². The van der Waals surface area contributed by atoms with Gasteiger partial charge in [0.1, 0.15) is 0 Å². The van der Waals surface area contributed by atoms with E-state index in [9.17, 15) is 14.4 Å². The second-order valence-electron chi connectivity index (χ2n) is 3.50. The Hall–Kier alpha value is -2.08. The van der Waals surface area contributed by atoms with Crippen LogP contribution in [0.5, 0.6) is 0 Å². The quantitative estimate of drug-likeness (QED) is 0.748. The molecule has 1 aromatic carbocycles. The first kappa shape index (κ1) is 14.0. The van der Waals surface area contributed by atoms with E-state index in [0.29, 0.717) is 5.02 Å². The summed E-state index contributed by atoms with van der Waals surface area (Å²) in [7, 11) is 0. The molecule has 0 aliphatic rings. The molecule has 0 bridgehead atoms. The number of carbonyl (C=O) groups excluding carboxylic acids is 2. The lowest BCUT2D eigenvalue weighted by atomic mass is 10.1. The number of aliphatic carboxylic acids is 1. The number of primary amides is 1. The summed E-state index contributed by atoms with van der Waals surface area (Å²) >= 11 is 5.70. The maximum atomic E-state index is 11.4. The highest BCUT2D eigenvalue weighted by Gasteiger charge is 2.12. The van der Waals surface area contributed by atoms with Gasteiger partial charge in [-0.2, -0.15) is 0 Å². The van der Waals surface area contributed by atoms with E-state index in [1.54, 1.807) is 0 Å². The molecular weight excluding hydrogens is 260 g/mol. The first-order valence-corrected chi connectivity index (χ1v) is 5.39. The molecule has 0 heterocycles. The molecule has 0 saturated carbocycles. The number of hydrogen-bond donors (Lipinski definition) is 3. The van der Waals surface area contributed by atoms with Gasteiger partial charge in [0, 0.05) is 11.4 Å². The smallest absolute Gasteiger partial charge is 0.303 e. The lowest BCUT2D eigenvalue weighted by Crippen LogP contribution is -2.18. The number of nitrogens with two attached hydrogens (primary N) is 1. The van der Waals surface area contributed by atoms with E-state index in [-0.39, 0.29) is 24.1 Å². The average Bonchev–Trinajstić information content (AvgIpc) is 2.28. The fourth-order valence-corrected chi connectivity index (χ4v) is 1.43. The molecule has 0 aromatic heterocycles. The summed E-state index contributed by atoms with van der Waals surface area (Å²) in [6, 6.07) is 4.25. The van der Waals surface area contributed by atoms with Crippen molar-refractivity contribution in [2.75, 3.05) is 5.32 Å². The number of rotatable bonds is 5. The van der Waals surface area contributed by atoms with Crippen LogP contribution in [0.4, 0.5) is 5.69 Å². The Labute approximate surface area is 108 Å². The normalized spacial score (nSPS) is 9.83. The summed E-state index contributed by atoms with van der Waals surface area (Å²) < 4.78 is 0. The molecule has 0 atom stereocenters. The lowest BCUT2D eigenvalue weighted by molar-refractivity contribution is -0.138. The van der Waals surface area contributed by atoms with Gasteiger partial charge in [-0.05, 0) is 18.2 Å². The van der Waals surface area contributed by atoms with Gasteiger partial charge in [-0.25, -0.2) is 0 Å². The second-order valence-corrected chi connectivity index (χ2v) is 3.93. The van der Waals surface area contributed by atoms with Crippen molar-refractivity contribution >= 4 is 35.1 Å². The summed E-state index contributed by atoms with van der Waals surface area (Å²) in [4.78, 5) is 32.9. The minimum absolute atomic E-state index is 0.0752. The highest BCUT2D eigenvalue weighted by atomic mass is 35.5. The van der Waals surface area contributed by atoms with Crippen LogP contribution in [-0.4, -0.2) is 22.9 Å². The molecule has 2 amide bonds. The van der Waals surface area contributed by atoms with Crippen molar-refractivity contribution in [2.45, 2.75) is 12.8 Å². The second kappa shape index (κ2) is 6.02. The largest absolute Gasteiger partial charge is 0.481 e. The Morgan fingerprint density at radius 1 is 1.28 bits per heavy atom. The SMILES string of the molecule is NC(=O)c1cc(Cl)ccc1NC(=O)CCC(=O)O. The number of anilines is 1. The number of nitrogens with one attached hydrogen (secondary N) is 1. The first-order chi connectivity index (χ1) is 8.40. The number of carbonyl (C=O) groups is 3. The van der Waals surface area contributed by atoms with Crippen molar-refractivity contribution in [2.24, 2.45) is 5.73 Å².